The molecule has 1 rings (SSSR count). The number of aromatic nitrogens is 2. The number of esters is 2. The molecule has 0 N–H and O–H groups in total. The lowest BCUT2D eigenvalue weighted by Crippen LogP contribution is -2.12. The zero-order valence-electron chi connectivity index (χ0n) is 9.60. The highest BCUT2D eigenvalue weighted by atomic mass is 79.9. The van der Waals surface area contributed by atoms with Crippen LogP contribution in [0.3, 0.4) is 0 Å². The molecule has 0 unspecified atom stereocenters. The highest BCUT2D eigenvalue weighted by Crippen LogP contribution is 2.09. The molecule has 0 aliphatic heterocycles. The number of hydrogen-bond donors (Lipinski definition) is 0. The summed E-state index contributed by atoms with van der Waals surface area (Å²) in [5, 5.41) is 4.79. The molecule has 0 fully saturated rings. The van der Waals surface area contributed by atoms with Gasteiger partial charge < -0.3 is 9.47 Å². The molecule has 0 atom stereocenters. The average molecular weight is 305 g/mol. The van der Waals surface area contributed by atoms with Gasteiger partial charge in [0.2, 0.25) is 0 Å². The van der Waals surface area contributed by atoms with E-state index in [2.05, 4.69) is 30.5 Å². The zero-order chi connectivity index (χ0) is 12.8. The first-order valence-corrected chi connectivity index (χ1v) is 6.06. The molecule has 0 radical (unpaired) electrons. The summed E-state index contributed by atoms with van der Waals surface area (Å²) in [5.74, 6) is -1.10. The number of halogens is 1. The molecule has 0 saturated heterocycles. The van der Waals surface area contributed by atoms with Gasteiger partial charge in [0.25, 0.3) is 0 Å². The van der Waals surface area contributed by atoms with Gasteiger partial charge in [-0.25, -0.2) is 9.59 Å². The van der Waals surface area contributed by atoms with Gasteiger partial charge in [0.15, 0.2) is 5.69 Å². The largest absolute Gasteiger partial charge is 0.464 e. The Hall–Kier alpha value is -1.37. The van der Waals surface area contributed by atoms with Crippen molar-refractivity contribution in [3.05, 3.63) is 17.5 Å². The Kier molecular flexibility index (Phi) is 5.14. The van der Waals surface area contributed by atoms with Crippen molar-refractivity contribution in [2.75, 3.05) is 19.5 Å². The van der Waals surface area contributed by atoms with Crippen molar-refractivity contribution in [2.45, 2.75) is 13.0 Å². The Bertz CT molecular complexity index is 416. The first kappa shape index (κ1) is 13.7. The zero-order valence-corrected chi connectivity index (χ0v) is 11.2. The molecule has 0 bridgehead atoms. The third-order valence-corrected chi connectivity index (χ3v) is 2.63. The van der Waals surface area contributed by atoms with Crippen molar-refractivity contribution in [3.63, 3.8) is 0 Å². The van der Waals surface area contributed by atoms with Crippen LogP contribution in [0.1, 0.15) is 27.4 Å². The van der Waals surface area contributed by atoms with Crippen LogP contribution >= 0.6 is 15.9 Å². The van der Waals surface area contributed by atoms with Crippen molar-refractivity contribution < 1.29 is 19.1 Å². The molecule has 1 aromatic rings. The van der Waals surface area contributed by atoms with Crippen LogP contribution in [-0.4, -0.2) is 41.3 Å². The molecule has 0 saturated carbocycles. The molecule has 6 nitrogen and oxygen atoms in total. The van der Waals surface area contributed by atoms with Crippen LogP contribution in [0.5, 0.6) is 0 Å². The maximum atomic E-state index is 11.5. The number of ether oxygens (including phenoxy) is 2. The SMILES string of the molecule is COC(=O)c1cc(C(=O)OC)n(CCCBr)n1. The lowest BCUT2D eigenvalue weighted by molar-refractivity contribution is 0.0581. The second-order valence-corrected chi connectivity index (χ2v) is 3.96. The van der Waals surface area contributed by atoms with Crippen molar-refractivity contribution in [1.29, 1.82) is 0 Å². The van der Waals surface area contributed by atoms with E-state index in [1.165, 1.54) is 25.0 Å². The molecule has 7 heteroatoms. The molecule has 17 heavy (non-hydrogen) atoms. The summed E-state index contributed by atoms with van der Waals surface area (Å²) in [6.45, 7) is 0.521. The quantitative estimate of drug-likeness (QED) is 0.604. The van der Waals surface area contributed by atoms with Crippen LogP contribution in [0, 0.1) is 0 Å². The molecule has 94 valence electrons. The first-order chi connectivity index (χ1) is 8.13. The van der Waals surface area contributed by atoms with E-state index in [9.17, 15) is 9.59 Å². The average Bonchev–Trinajstić information content (AvgIpc) is 2.78. The Morgan fingerprint density at radius 3 is 2.53 bits per heavy atom. The van der Waals surface area contributed by atoms with E-state index in [0.29, 0.717) is 6.54 Å². The van der Waals surface area contributed by atoms with E-state index in [1.807, 2.05) is 0 Å². The van der Waals surface area contributed by atoms with Gasteiger partial charge in [-0.05, 0) is 6.42 Å². The van der Waals surface area contributed by atoms with Crippen molar-refractivity contribution in [1.82, 2.24) is 9.78 Å². The predicted molar refractivity (Wildman–Crippen MR) is 63.3 cm³/mol. The minimum Gasteiger partial charge on any atom is -0.464 e. The monoisotopic (exact) mass is 304 g/mol. The molecule has 1 heterocycles. The predicted octanol–water partition coefficient (Wildman–Crippen LogP) is 1.24. The third kappa shape index (κ3) is 3.29. The smallest absolute Gasteiger partial charge is 0.358 e. The molecular formula is C10H13BrN2O4. The Morgan fingerprint density at radius 2 is 2.00 bits per heavy atom. The van der Waals surface area contributed by atoms with E-state index < -0.39 is 11.9 Å². The van der Waals surface area contributed by atoms with Gasteiger partial charge >= 0.3 is 11.9 Å². The number of carbonyl (C=O) groups is 2. The molecular weight excluding hydrogens is 292 g/mol. The van der Waals surface area contributed by atoms with Crippen LogP contribution in [0.15, 0.2) is 6.07 Å². The van der Waals surface area contributed by atoms with Crippen molar-refractivity contribution in [3.8, 4) is 0 Å². The fourth-order valence-electron chi connectivity index (χ4n) is 1.27. The van der Waals surface area contributed by atoms with Crippen molar-refractivity contribution >= 4 is 27.9 Å². The second-order valence-electron chi connectivity index (χ2n) is 3.16. The van der Waals surface area contributed by atoms with Crippen LogP contribution in [-0.2, 0) is 16.0 Å². The summed E-state index contributed by atoms with van der Waals surface area (Å²) >= 11 is 3.29. The number of nitrogens with zero attached hydrogens (tertiary/aromatic N) is 2. The number of methoxy groups -OCH3 is 2. The standard InChI is InChI=1S/C10H13BrN2O4/c1-16-9(14)7-6-8(10(15)17-2)13(12-7)5-3-4-11/h6H,3-5H2,1-2H3. The Balaban J connectivity index is 3.02. The number of alkyl halides is 1. The summed E-state index contributed by atoms with van der Waals surface area (Å²) in [6, 6.07) is 1.37. The van der Waals surface area contributed by atoms with Gasteiger partial charge in [0, 0.05) is 17.9 Å². The summed E-state index contributed by atoms with van der Waals surface area (Å²) < 4.78 is 10.6. The third-order valence-electron chi connectivity index (χ3n) is 2.07. The van der Waals surface area contributed by atoms with Gasteiger partial charge in [0.1, 0.15) is 5.69 Å². The maximum Gasteiger partial charge on any atom is 0.358 e. The molecule has 0 aliphatic rings. The first-order valence-electron chi connectivity index (χ1n) is 4.94. The van der Waals surface area contributed by atoms with Gasteiger partial charge in [-0.3, -0.25) is 4.68 Å². The molecule has 0 amide bonds. The minimum atomic E-state index is -0.576. The molecule has 0 aromatic carbocycles. The van der Waals surface area contributed by atoms with E-state index >= 15 is 0 Å². The highest BCUT2D eigenvalue weighted by Gasteiger charge is 2.19. The summed E-state index contributed by atoms with van der Waals surface area (Å²) in [5.41, 5.74) is 0.344. The van der Waals surface area contributed by atoms with Gasteiger partial charge in [0.05, 0.1) is 14.2 Å². The van der Waals surface area contributed by atoms with Crippen LogP contribution in [0.4, 0.5) is 0 Å². The van der Waals surface area contributed by atoms with Gasteiger partial charge in [-0.2, -0.15) is 5.10 Å². The topological polar surface area (TPSA) is 70.4 Å². The number of aryl methyl sites for hydroxylation is 1. The summed E-state index contributed by atoms with van der Waals surface area (Å²) in [4.78, 5) is 22.8. The van der Waals surface area contributed by atoms with Crippen molar-refractivity contribution in [2.24, 2.45) is 0 Å². The summed E-state index contributed by atoms with van der Waals surface area (Å²) in [6.07, 6.45) is 0.784. The van der Waals surface area contributed by atoms with E-state index in [0.717, 1.165) is 11.8 Å². The van der Waals surface area contributed by atoms with Gasteiger partial charge in [-0.1, -0.05) is 15.9 Å². The normalized spacial score (nSPS) is 10.1. The minimum absolute atomic E-state index is 0.0995. The van der Waals surface area contributed by atoms with Gasteiger partial charge in [-0.15, -0.1) is 0 Å². The number of hydrogen-bond acceptors (Lipinski definition) is 5. The van der Waals surface area contributed by atoms with E-state index in [4.69, 9.17) is 0 Å². The fourth-order valence-corrected chi connectivity index (χ4v) is 1.52. The second kappa shape index (κ2) is 6.39. The number of carbonyl (C=O) groups excluding carboxylic acids is 2. The molecule has 0 aliphatic carbocycles. The highest BCUT2D eigenvalue weighted by molar-refractivity contribution is 9.09. The maximum absolute atomic E-state index is 11.5. The van der Waals surface area contributed by atoms with Crippen LogP contribution in [0.25, 0.3) is 0 Å². The van der Waals surface area contributed by atoms with E-state index in [1.54, 1.807) is 0 Å². The van der Waals surface area contributed by atoms with E-state index in [-0.39, 0.29) is 11.4 Å². The molecule has 0 spiro atoms. The molecule has 1 aromatic heterocycles. The number of rotatable bonds is 5. The van der Waals surface area contributed by atoms with Crippen LogP contribution in [0.2, 0.25) is 0 Å². The Morgan fingerprint density at radius 1 is 1.35 bits per heavy atom. The Labute approximate surface area is 107 Å². The summed E-state index contributed by atoms with van der Waals surface area (Å²) in [7, 11) is 2.54. The fraction of sp³-hybridized carbons (Fsp3) is 0.500. The lowest BCUT2D eigenvalue weighted by Gasteiger charge is -2.03. The lowest BCUT2D eigenvalue weighted by atomic mass is 10.3. The van der Waals surface area contributed by atoms with Crippen LogP contribution < -0.4 is 0 Å².